The van der Waals surface area contributed by atoms with Crippen LogP contribution in [0.2, 0.25) is 5.02 Å². The van der Waals surface area contributed by atoms with E-state index in [2.05, 4.69) is 4.74 Å². The van der Waals surface area contributed by atoms with Crippen LogP contribution in [0.1, 0.15) is 18.9 Å². The van der Waals surface area contributed by atoms with E-state index in [1.807, 2.05) is 6.92 Å². The molecule has 0 saturated carbocycles. The number of nitrogens with zero attached hydrogens (tertiary/aromatic N) is 1. The first-order valence-electron chi connectivity index (χ1n) is 6.68. The van der Waals surface area contributed by atoms with Crippen LogP contribution in [0, 0.1) is 0 Å². The van der Waals surface area contributed by atoms with Crippen LogP contribution in [0.15, 0.2) is 18.2 Å². The number of carbonyl (C=O) groups is 2. The summed E-state index contributed by atoms with van der Waals surface area (Å²) in [6, 6.07) is 5.16. The summed E-state index contributed by atoms with van der Waals surface area (Å²) in [4.78, 5) is 25.1. The first-order valence-corrected chi connectivity index (χ1v) is 7.06. The molecule has 0 fully saturated rings. The smallest absolute Gasteiger partial charge is 0.307 e. The number of halogens is 1. The summed E-state index contributed by atoms with van der Waals surface area (Å²) in [6.45, 7) is 2.73. The molecule has 0 spiro atoms. The van der Waals surface area contributed by atoms with Crippen molar-refractivity contribution in [2.45, 2.75) is 19.8 Å². The lowest BCUT2D eigenvalue weighted by molar-refractivity contribution is -0.141. The standard InChI is InChI=1S/C15H20ClNO4/c1-4-17(8-7-15(19)21-3)14(18)10-11-9-12(16)5-6-13(11)20-2/h5-6,9H,4,7-8,10H2,1-3H3. The van der Waals surface area contributed by atoms with Gasteiger partial charge >= 0.3 is 5.97 Å². The predicted octanol–water partition coefficient (Wildman–Crippen LogP) is 2.30. The molecule has 21 heavy (non-hydrogen) atoms. The molecule has 0 bridgehead atoms. The van der Waals surface area contributed by atoms with Crippen molar-refractivity contribution >= 4 is 23.5 Å². The van der Waals surface area contributed by atoms with Gasteiger partial charge in [-0.15, -0.1) is 0 Å². The van der Waals surface area contributed by atoms with Gasteiger partial charge < -0.3 is 14.4 Å². The Morgan fingerprint density at radius 3 is 2.57 bits per heavy atom. The van der Waals surface area contributed by atoms with E-state index in [-0.39, 0.29) is 24.7 Å². The van der Waals surface area contributed by atoms with Crippen LogP contribution >= 0.6 is 11.6 Å². The van der Waals surface area contributed by atoms with Gasteiger partial charge in [-0.2, -0.15) is 0 Å². The fourth-order valence-electron chi connectivity index (χ4n) is 1.95. The van der Waals surface area contributed by atoms with Crippen LogP contribution in [0.5, 0.6) is 5.75 Å². The minimum absolute atomic E-state index is 0.0815. The number of carbonyl (C=O) groups excluding carboxylic acids is 2. The molecule has 0 heterocycles. The average Bonchev–Trinajstić information content (AvgIpc) is 2.47. The summed E-state index contributed by atoms with van der Waals surface area (Å²) in [5.74, 6) is 0.209. The molecule has 0 aliphatic heterocycles. The first kappa shape index (κ1) is 17.3. The van der Waals surface area contributed by atoms with Crippen molar-refractivity contribution in [1.29, 1.82) is 0 Å². The van der Waals surface area contributed by atoms with E-state index in [0.29, 0.717) is 23.9 Å². The second-order valence-electron chi connectivity index (χ2n) is 4.43. The SMILES string of the molecule is CCN(CCC(=O)OC)C(=O)Cc1cc(Cl)ccc1OC. The Hall–Kier alpha value is -1.75. The molecule has 0 aromatic heterocycles. The molecule has 0 aliphatic carbocycles. The molecule has 0 radical (unpaired) electrons. The molecule has 6 heteroatoms. The fraction of sp³-hybridized carbons (Fsp3) is 0.467. The van der Waals surface area contributed by atoms with Gasteiger partial charge in [0.05, 0.1) is 27.1 Å². The minimum atomic E-state index is -0.332. The summed E-state index contributed by atoms with van der Waals surface area (Å²) in [5, 5.41) is 0.552. The number of rotatable bonds is 7. The molecule has 0 unspecified atom stereocenters. The molecule has 1 rings (SSSR count). The molecule has 116 valence electrons. The highest BCUT2D eigenvalue weighted by molar-refractivity contribution is 6.30. The van der Waals surface area contributed by atoms with E-state index >= 15 is 0 Å². The Balaban J connectivity index is 2.73. The third-order valence-corrected chi connectivity index (χ3v) is 3.37. The Bertz CT molecular complexity index is 504. The highest BCUT2D eigenvalue weighted by atomic mass is 35.5. The van der Waals surface area contributed by atoms with E-state index in [1.54, 1.807) is 30.2 Å². The van der Waals surface area contributed by atoms with Gasteiger partial charge in [0.1, 0.15) is 5.75 Å². The molecule has 0 atom stereocenters. The van der Waals surface area contributed by atoms with Crippen LogP contribution in [0.3, 0.4) is 0 Å². The molecule has 1 amide bonds. The predicted molar refractivity (Wildman–Crippen MR) is 80.6 cm³/mol. The molecular weight excluding hydrogens is 294 g/mol. The first-order chi connectivity index (χ1) is 10.0. The third-order valence-electron chi connectivity index (χ3n) is 3.13. The quantitative estimate of drug-likeness (QED) is 0.725. The van der Waals surface area contributed by atoms with Crippen LogP contribution in [-0.4, -0.2) is 44.1 Å². The van der Waals surface area contributed by atoms with Crippen LogP contribution in [0.4, 0.5) is 0 Å². The maximum absolute atomic E-state index is 12.3. The molecular formula is C15H20ClNO4. The van der Waals surface area contributed by atoms with Gasteiger partial charge in [0.25, 0.3) is 0 Å². The highest BCUT2D eigenvalue weighted by Gasteiger charge is 2.16. The number of likely N-dealkylation sites (N-methyl/N-ethyl adjacent to an activating group) is 1. The molecule has 1 aromatic rings. The van der Waals surface area contributed by atoms with Crippen molar-refractivity contribution in [3.63, 3.8) is 0 Å². The summed E-state index contributed by atoms with van der Waals surface area (Å²) in [7, 11) is 2.88. The lowest BCUT2D eigenvalue weighted by Gasteiger charge is -2.21. The van der Waals surface area contributed by atoms with Gasteiger partial charge in [0, 0.05) is 23.7 Å². The Morgan fingerprint density at radius 1 is 1.29 bits per heavy atom. The maximum atomic E-state index is 12.3. The monoisotopic (exact) mass is 313 g/mol. The van der Waals surface area contributed by atoms with E-state index in [4.69, 9.17) is 16.3 Å². The Morgan fingerprint density at radius 2 is 2.00 bits per heavy atom. The van der Waals surface area contributed by atoms with Crippen molar-refractivity contribution in [1.82, 2.24) is 4.90 Å². The summed E-state index contributed by atoms with van der Waals surface area (Å²) in [6.07, 6.45) is 0.363. The molecule has 0 aliphatic rings. The summed E-state index contributed by atoms with van der Waals surface area (Å²) >= 11 is 5.95. The zero-order chi connectivity index (χ0) is 15.8. The van der Waals surface area contributed by atoms with Crippen LogP contribution < -0.4 is 4.74 Å². The van der Waals surface area contributed by atoms with E-state index in [1.165, 1.54) is 7.11 Å². The van der Waals surface area contributed by atoms with Crippen molar-refractivity contribution < 1.29 is 19.1 Å². The van der Waals surface area contributed by atoms with Crippen molar-refractivity contribution in [3.05, 3.63) is 28.8 Å². The van der Waals surface area contributed by atoms with Crippen molar-refractivity contribution in [2.24, 2.45) is 0 Å². The third kappa shape index (κ3) is 5.27. The largest absolute Gasteiger partial charge is 0.496 e. The van der Waals surface area contributed by atoms with Crippen molar-refractivity contribution in [2.75, 3.05) is 27.3 Å². The van der Waals surface area contributed by atoms with E-state index in [9.17, 15) is 9.59 Å². The Kier molecular flexibility index (Phi) is 7.02. The number of hydrogen-bond acceptors (Lipinski definition) is 4. The lowest BCUT2D eigenvalue weighted by atomic mass is 10.1. The normalized spacial score (nSPS) is 10.1. The number of esters is 1. The fourth-order valence-corrected chi connectivity index (χ4v) is 2.14. The van der Waals surface area contributed by atoms with Gasteiger partial charge in [-0.25, -0.2) is 0 Å². The zero-order valence-electron chi connectivity index (χ0n) is 12.5. The molecule has 0 saturated heterocycles. The summed E-state index contributed by atoms with van der Waals surface area (Å²) in [5.41, 5.74) is 0.728. The number of methoxy groups -OCH3 is 2. The van der Waals surface area contributed by atoms with Crippen LogP contribution in [-0.2, 0) is 20.7 Å². The van der Waals surface area contributed by atoms with Gasteiger partial charge in [0.2, 0.25) is 5.91 Å². The highest BCUT2D eigenvalue weighted by Crippen LogP contribution is 2.23. The van der Waals surface area contributed by atoms with E-state index in [0.717, 1.165) is 5.56 Å². The second-order valence-corrected chi connectivity index (χ2v) is 4.87. The lowest BCUT2D eigenvalue weighted by Crippen LogP contribution is -2.34. The van der Waals surface area contributed by atoms with Gasteiger partial charge in [-0.05, 0) is 25.1 Å². The van der Waals surface area contributed by atoms with Gasteiger partial charge in [-0.3, -0.25) is 9.59 Å². The number of hydrogen-bond donors (Lipinski definition) is 0. The van der Waals surface area contributed by atoms with Crippen molar-refractivity contribution in [3.8, 4) is 5.75 Å². The number of benzene rings is 1. The number of amides is 1. The number of ether oxygens (including phenoxy) is 2. The molecule has 0 N–H and O–H groups in total. The molecule has 1 aromatic carbocycles. The maximum Gasteiger partial charge on any atom is 0.307 e. The van der Waals surface area contributed by atoms with E-state index < -0.39 is 0 Å². The average molecular weight is 314 g/mol. The van der Waals surface area contributed by atoms with Gasteiger partial charge in [-0.1, -0.05) is 11.6 Å². The minimum Gasteiger partial charge on any atom is -0.496 e. The Labute approximate surface area is 129 Å². The van der Waals surface area contributed by atoms with Crippen LogP contribution in [0.25, 0.3) is 0 Å². The second kappa shape index (κ2) is 8.52. The van der Waals surface area contributed by atoms with Gasteiger partial charge in [0.15, 0.2) is 0 Å². The molecule has 5 nitrogen and oxygen atoms in total. The topological polar surface area (TPSA) is 55.8 Å². The zero-order valence-corrected chi connectivity index (χ0v) is 13.3. The summed E-state index contributed by atoms with van der Waals surface area (Å²) < 4.78 is 9.81.